The third-order valence-corrected chi connectivity index (χ3v) is 3.03. The minimum atomic E-state index is 1.16. The fourth-order valence-electron chi connectivity index (χ4n) is 1.92. The quantitative estimate of drug-likeness (QED) is 0.625. The number of anilines is 1. The molecule has 0 amide bonds. The Bertz CT molecular complexity index is 322. The first-order valence-electron chi connectivity index (χ1n) is 6.79. The van der Waals surface area contributed by atoms with E-state index < -0.39 is 0 Å². The van der Waals surface area contributed by atoms with Gasteiger partial charge < -0.3 is 4.90 Å². The highest BCUT2D eigenvalue weighted by Crippen LogP contribution is 2.18. The molecule has 0 aromatic heterocycles. The molecule has 1 rings (SSSR count). The van der Waals surface area contributed by atoms with Gasteiger partial charge in [0.25, 0.3) is 0 Å². The van der Waals surface area contributed by atoms with Crippen molar-refractivity contribution in [1.82, 2.24) is 0 Å². The van der Waals surface area contributed by atoms with Crippen molar-refractivity contribution in [2.45, 2.75) is 39.5 Å². The van der Waals surface area contributed by atoms with E-state index in [4.69, 9.17) is 0 Å². The summed E-state index contributed by atoms with van der Waals surface area (Å²) in [4.78, 5) is 2.50. The predicted molar refractivity (Wildman–Crippen MR) is 78.6 cm³/mol. The van der Waals surface area contributed by atoms with Crippen LogP contribution in [0.4, 0.5) is 5.69 Å². The summed E-state index contributed by atoms with van der Waals surface area (Å²) in [7, 11) is 0. The van der Waals surface area contributed by atoms with Crippen molar-refractivity contribution in [3.63, 3.8) is 0 Å². The Balaban J connectivity index is 2.74. The van der Waals surface area contributed by atoms with Crippen LogP contribution in [0, 0.1) is 0 Å². The molecule has 0 aliphatic carbocycles. The van der Waals surface area contributed by atoms with Crippen LogP contribution in [0.5, 0.6) is 0 Å². The van der Waals surface area contributed by atoms with Gasteiger partial charge in [-0.1, -0.05) is 51.5 Å². The normalized spacial score (nSPS) is 10.2. The topological polar surface area (TPSA) is 3.24 Å². The largest absolute Gasteiger partial charge is 0.372 e. The molecular weight excluding hydrogens is 206 g/mol. The van der Waals surface area contributed by atoms with Crippen LogP contribution >= 0.6 is 0 Å². The van der Waals surface area contributed by atoms with Gasteiger partial charge in [-0.2, -0.15) is 0 Å². The Labute approximate surface area is 106 Å². The summed E-state index contributed by atoms with van der Waals surface area (Å²) in [5.74, 6) is 0. The lowest BCUT2D eigenvalue weighted by Gasteiger charge is -2.25. The van der Waals surface area contributed by atoms with Crippen molar-refractivity contribution in [2.75, 3.05) is 18.0 Å². The first-order valence-corrected chi connectivity index (χ1v) is 6.79. The number of nitrogens with zero attached hydrogens (tertiary/aromatic N) is 1. The molecule has 0 bridgehead atoms. The van der Waals surface area contributed by atoms with Crippen LogP contribution < -0.4 is 4.90 Å². The van der Waals surface area contributed by atoms with E-state index in [2.05, 4.69) is 49.6 Å². The molecule has 0 aliphatic heterocycles. The molecule has 0 N–H and O–H groups in total. The van der Waals surface area contributed by atoms with Gasteiger partial charge in [-0.25, -0.2) is 0 Å². The van der Waals surface area contributed by atoms with Crippen molar-refractivity contribution in [3.8, 4) is 0 Å². The zero-order valence-corrected chi connectivity index (χ0v) is 11.3. The zero-order valence-electron chi connectivity index (χ0n) is 11.3. The molecule has 1 nitrogen and oxygen atoms in total. The lowest BCUT2D eigenvalue weighted by atomic mass is 10.1. The monoisotopic (exact) mass is 231 g/mol. The van der Waals surface area contributed by atoms with Crippen LogP contribution in [0.25, 0.3) is 6.08 Å². The van der Waals surface area contributed by atoms with Crippen molar-refractivity contribution in [2.24, 2.45) is 0 Å². The summed E-state index contributed by atoms with van der Waals surface area (Å²) in [5, 5.41) is 0. The number of unbranched alkanes of at least 4 members (excludes halogenated alkanes) is 2. The Morgan fingerprint density at radius 3 is 2.29 bits per heavy atom. The summed E-state index contributed by atoms with van der Waals surface area (Å²) < 4.78 is 0. The molecule has 17 heavy (non-hydrogen) atoms. The first-order chi connectivity index (χ1) is 8.31. The Morgan fingerprint density at radius 1 is 1.12 bits per heavy atom. The van der Waals surface area contributed by atoms with Crippen LogP contribution in [-0.4, -0.2) is 13.1 Å². The Morgan fingerprint density at radius 2 is 1.76 bits per heavy atom. The van der Waals surface area contributed by atoms with Gasteiger partial charge in [0, 0.05) is 18.8 Å². The minimum Gasteiger partial charge on any atom is -0.372 e. The fourth-order valence-corrected chi connectivity index (χ4v) is 1.92. The summed E-state index contributed by atoms with van der Waals surface area (Å²) in [5.41, 5.74) is 2.55. The summed E-state index contributed by atoms with van der Waals surface area (Å²) in [6.07, 6.45) is 6.96. The molecule has 94 valence electrons. The highest BCUT2D eigenvalue weighted by Gasteiger charge is 2.05. The molecule has 0 aliphatic rings. The molecule has 0 saturated carbocycles. The first kappa shape index (κ1) is 13.8. The Kier molecular flexibility index (Phi) is 6.46. The smallest absolute Gasteiger partial charge is 0.0372 e. The SMILES string of the molecule is C=Cc1cccc(N(CCCC)CCCC)c1. The van der Waals surface area contributed by atoms with E-state index in [0.717, 1.165) is 13.1 Å². The number of hydrogen-bond acceptors (Lipinski definition) is 1. The summed E-state index contributed by atoms with van der Waals surface area (Å²) in [6.45, 7) is 10.7. The zero-order chi connectivity index (χ0) is 12.5. The van der Waals surface area contributed by atoms with E-state index in [1.165, 1.54) is 36.9 Å². The fraction of sp³-hybridized carbons (Fsp3) is 0.500. The van der Waals surface area contributed by atoms with Crippen LogP contribution in [0.2, 0.25) is 0 Å². The highest BCUT2D eigenvalue weighted by atomic mass is 15.1. The molecule has 1 aromatic carbocycles. The molecule has 0 saturated heterocycles. The molecule has 0 unspecified atom stereocenters. The summed E-state index contributed by atoms with van der Waals surface area (Å²) >= 11 is 0. The van der Waals surface area contributed by atoms with Crippen LogP contribution in [-0.2, 0) is 0 Å². The van der Waals surface area contributed by atoms with Gasteiger partial charge >= 0.3 is 0 Å². The molecule has 0 atom stereocenters. The Hall–Kier alpha value is -1.24. The van der Waals surface area contributed by atoms with E-state index in [1.807, 2.05) is 6.08 Å². The average Bonchev–Trinajstić information content (AvgIpc) is 2.39. The van der Waals surface area contributed by atoms with Crippen molar-refractivity contribution in [1.29, 1.82) is 0 Å². The average molecular weight is 231 g/mol. The molecular formula is C16H25N. The van der Waals surface area contributed by atoms with E-state index >= 15 is 0 Å². The van der Waals surface area contributed by atoms with Crippen molar-refractivity contribution < 1.29 is 0 Å². The van der Waals surface area contributed by atoms with E-state index in [0.29, 0.717) is 0 Å². The van der Waals surface area contributed by atoms with Gasteiger partial charge in [0.2, 0.25) is 0 Å². The van der Waals surface area contributed by atoms with Crippen molar-refractivity contribution in [3.05, 3.63) is 36.4 Å². The number of benzene rings is 1. The molecule has 0 heterocycles. The molecule has 0 radical (unpaired) electrons. The maximum absolute atomic E-state index is 3.84. The second kappa shape index (κ2) is 7.94. The molecule has 0 spiro atoms. The second-order valence-electron chi connectivity index (χ2n) is 4.49. The second-order valence-corrected chi connectivity index (χ2v) is 4.49. The standard InChI is InChI=1S/C16H25N/c1-4-7-12-17(13-8-5-2)16-11-9-10-15(6-3)14-16/h6,9-11,14H,3-5,7-8,12-13H2,1-2H3. The number of rotatable bonds is 8. The number of hydrogen-bond donors (Lipinski definition) is 0. The summed E-state index contributed by atoms with van der Waals surface area (Å²) in [6, 6.07) is 8.67. The van der Waals surface area contributed by atoms with E-state index in [9.17, 15) is 0 Å². The minimum absolute atomic E-state index is 1.16. The lowest BCUT2D eigenvalue weighted by molar-refractivity contribution is 0.678. The van der Waals surface area contributed by atoms with Gasteiger partial charge in [0.05, 0.1) is 0 Å². The van der Waals surface area contributed by atoms with Crippen LogP contribution in [0.3, 0.4) is 0 Å². The lowest BCUT2D eigenvalue weighted by Crippen LogP contribution is -2.25. The highest BCUT2D eigenvalue weighted by molar-refractivity contribution is 5.57. The van der Waals surface area contributed by atoms with Gasteiger partial charge in [0.15, 0.2) is 0 Å². The maximum Gasteiger partial charge on any atom is 0.0372 e. The third kappa shape index (κ3) is 4.64. The molecule has 1 heteroatoms. The van der Waals surface area contributed by atoms with Crippen molar-refractivity contribution >= 4 is 11.8 Å². The molecule has 0 fully saturated rings. The van der Waals surface area contributed by atoms with E-state index in [1.54, 1.807) is 0 Å². The maximum atomic E-state index is 3.84. The van der Waals surface area contributed by atoms with Gasteiger partial charge in [-0.15, -0.1) is 0 Å². The van der Waals surface area contributed by atoms with Gasteiger partial charge in [0.1, 0.15) is 0 Å². The van der Waals surface area contributed by atoms with Gasteiger partial charge in [-0.05, 0) is 30.5 Å². The molecule has 1 aromatic rings. The van der Waals surface area contributed by atoms with Crippen LogP contribution in [0.1, 0.15) is 45.1 Å². The van der Waals surface area contributed by atoms with Crippen LogP contribution in [0.15, 0.2) is 30.8 Å². The van der Waals surface area contributed by atoms with E-state index in [-0.39, 0.29) is 0 Å². The van der Waals surface area contributed by atoms with Gasteiger partial charge in [-0.3, -0.25) is 0 Å². The third-order valence-electron chi connectivity index (χ3n) is 3.03. The predicted octanol–water partition coefficient (Wildman–Crippen LogP) is 4.74.